The van der Waals surface area contributed by atoms with Crippen molar-refractivity contribution in [1.29, 1.82) is 0 Å². The molecule has 2 aromatic heterocycles. The average molecular weight is 445 g/mol. The summed E-state index contributed by atoms with van der Waals surface area (Å²) in [5.41, 5.74) is 0.829. The molecule has 10 heteroatoms. The van der Waals surface area contributed by atoms with E-state index in [2.05, 4.69) is 14.7 Å². The number of rotatable bonds is 9. The lowest BCUT2D eigenvalue weighted by atomic mass is 10.2. The normalized spacial score (nSPS) is 11.2. The monoisotopic (exact) mass is 444 g/mol. The Morgan fingerprint density at radius 2 is 1.84 bits per heavy atom. The van der Waals surface area contributed by atoms with Gasteiger partial charge in [-0.15, -0.1) is 0 Å². The van der Waals surface area contributed by atoms with E-state index in [-0.39, 0.29) is 23.1 Å². The van der Waals surface area contributed by atoms with E-state index in [1.54, 1.807) is 50.5 Å². The molecule has 0 fully saturated rings. The molecule has 0 radical (unpaired) electrons. The molecule has 0 aliphatic heterocycles. The van der Waals surface area contributed by atoms with Crippen LogP contribution >= 0.6 is 0 Å². The standard InChI is InChI=1S/C21H24N4O5S/c1-4-11-31(27,28)24-19-13-18(15-9-10-20(26)25(3)14-15)22-21(23-19)30-17-8-6-7-16(12-17)29-5-2/h6-10,12-14H,4-5,11H2,1-3H3,(H,22,23,24). The minimum atomic E-state index is -3.57. The zero-order valence-corrected chi connectivity index (χ0v) is 18.3. The maximum absolute atomic E-state index is 12.3. The highest BCUT2D eigenvalue weighted by molar-refractivity contribution is 7.92. The molecule has 0 unspecified atom stereocenters. The van der Waals surface area contributed by atoms with Gasteiger partial charge in [-0.25, -0.2) is 8.42 Å². The SMILES string of the molecule is CCCS(=O)(=O)Nc1cc(-c2ccc(=O)n(C)c2)nc(Oc2cccc(OCC)c2)n1. The van der Waals surface area contributed by atoms with E-state index in [1.165, 1.54) is 16.7 Å². The van der Waals surface area contributed by atoms with E-state index < -0.39 is 10.0 Å². The van der Waals surface area contributed by atoms with Crippen LogP contribution in [-0.4, -0.2) is 35.3 Å². The van der Waals surface area contributed by atoms with Crippen molar-refractivity contribution in [3.8, 4) is 28.8 Å². The number of anilines is 1. The Morgan fingerprint density at radius 1 is 1.06 bits per heavy atom. The summed E-state index contributed by atoms with van der Waals surface area (Å²) in [7, 11) is -1.95. The van der Waals surface area contributed by atoms with E-state index in [4.69, 9.17) is 9.47 Å². The quantitative estimate of drug-likeness (QED) is 0.539. The number of nitrogens with zero attached hydrogens (tertiary/aromatic N) is 3. The van der Waals surface area contributed by atoms with Crippen LogP contribution in [0.5, 0.6) is 17.5 Å². The van der Waals surface area contributed by atoms with Crippen molar-refractivity contribution in [2.75, 3.05) is 17.1 Å². The van der Waals surface area contributed by atoms with Gasteiger partial charge >= 0.3 is 6.01 Å². The van der Waals surface area contributed by atoms with Crippen molar-refractivity contribution in [2.45, 2.75) is 20.3 Å². The van der Waals surface area contributed by atoms with Gasteiger partial charge in [-0.05, 0) is 31.5 Å². The minimum absolute atomic E-state index is 0.0429. The highest BCUT2D eigenvalue weighted by Gasteiger charge is 2.15. The van der Waals surface area contributed by atoms with Gasteiger partial charge in [-0.1, -0.05) is 13.0 Å². The summed E-state index contributed by atoms with van der Waals surface area (Å²) in [5.74, 6) is 1.09. The summed E-state index contributed by atoms with van der Waals surface area (Å²) < 4.78 is 39.6. The molecule has 0 atom stereocenters. The van der Waals surface area contributed by atoms with Crippen LogP contribution in [0.4, 0.5) is 5.82 Å². The number of sulfonamides is 1. The first-order valence-electron chi connectivity index (χ1n) is 9.77. The van der Waals surface area contributed by atoms with Crippen molar-refractivity contribution in [3.05, 3.63) is 59.0 Å². The molecule has 164 valence electrons. The fraction of sp³-hybridized carbons (Fsp3) is 0.286. The molecule has 1 aromatic carbocycles. The first-order valence-corrected chi connectivity index (χ1v) is 11.4. The second-order valence-corrected chi connectivity index (χ2v) is 8.56. The first kappa shape index (κ1) is 22.3. The number of aromatic nitrogens is 3. The lowest BCUT2D eigenvalue weighted by Crippen LogP contribution is -2.17. The van der Waals surface area contributed by atoms with Crippen LogP contribution in [-0.2, 0) is 17.1 Å². The topological polar surface area (TPSA) is 112 Å². The number of nitrogens with one attached hydrogen (secondary N) is 1. The van der Waals surface area contributed by atoms with Crippen LogP contribution in [0.3, 0.4) is 0 Å². The molecule has 0 spiro atoms. The molecule has 0 aliphatic carbocycles. The number of hydrogen-bond donors (Lipinski definition) is 1. The van der Waals surface area contributed by atoms with Gasteiger partial charge in [0.1, 0.15) is 17.3 Å². The van der Waals surface area contributed by atoms with E-state index >= 15 is 0 Å². The van der Waals surface area contributed by atoms with Crippen LogP contribution in [0.1, 0.15) is 20.3 Å². The molecule has 31 heavy (non-hydrogen) atoms. The Hall–Kier alpha value is -3.40. The Morgan fingerprint density at radius 3 is 2.55 bits per heavy atom. The Balaban J connectivity index is 2.02. The van der Waals surface area contributed by atoms with Crippen molar-refractivity contribution in [3.63, 3.8) is 0 Å². The second kappa shape index (κ2) is 9.61. The number of hydrogen-bond acceptors (Lipinski definition) is 7. The maximum Gasteiger partial charge on any atom is 0.324 e. The van der Waals surface area contributed by atoms with E-state index in [0.29, 0.717) is 35.8 Å². The second-order valence-electron chi connectivity index (χ2n) is 6.72. The molecule has 1 N–H and O–H groups in total. The third-order valence-corrected chi connectivity index (χ3v) is 5.61. The Bertz CT molecular complexity index is 1220. The molecule has 0 amide bonds. The molecule has 2 heterocycles. The lowest BCUT2D eigenvalue weighted by Gasteiger charge is -2.12. The number of aryl methyl sites for hydroxylation is 1. The van der Waals surface area contributed by atoms with Gasteiger partial charge in [0.05, 0.1) is 18.1 Å². The molecule has 0 aliphatic rings. The van der Waals surface area contributed by atoms with Crippen LogP contribution in [0, 0.1) is 0 Å². The third-order valence-electron chi connectivity index (χ3n) is 4.15. The Labute approximate surface area is 180 Å². The molecular formula is C21H24N4O5S. The van der Waals surface area contributed by atoms with Crippen LogP contribution in [0.2, 0.25) is 0 Å². The largest absolute Gasteiger partial charge is 0.494 e. The summed E-state index contributed by atoms with van der Waals surface area (Å²) >= 11 is 0. The highest BCUT2D eigenvalue weighted by Crippen LogP contribution is 2.27. The van der Waals surface area contributed by atoms with Crippen molar-refractivity contribution in [2.24, 2.45) is 7.05 Å². The van der Waals surface area contributed by atoms with Gasteiger partial charge in [-0.3, -0.25) is 9.52 Å². The predicted octanol–water partition coefficient (Wildman–Crippen LogP) is 3.19. The molecular weight excluding hydrogens is 420 g/mol. The fourth-order valence-electron chi connectivity index (χ4n) is 2.80. The molecule has 0 saturated heterocycles. The van der Waals surface area contributed by atoms with Crippen LogP contribution in [0.25, 0.3) is 11.3 Å². The van der Waals surface area contributed by atoms with E-state index in [1.807, 2.05) is 6.92 Å². The third kappa shape index (κ3) is 6.05. The number of benzene rings is 1. The minimum Gasteiger partial charge on any atom is -0.494 e. The summed E-state index contributed by atoms with van der Waals surface area (Å²) in [5, 5.41) is 0. The summed E-state index contributed by atoms with van der Waals surface area (Å²) in [6.07, 6.45) is 2.07. The van der Waals surface area contributed by atoms with Gasteiger partial charge in [-0.2, -0.15) is 9.97 Å². The van der Waals surface area contributed by atoms with E-state index in [9.17, 15) is 13.2 Å². The van der Waals surface area contributed by atoms with Crippen molar-refractivity contribution in [1.82, 2.24) is 14.5 Å². The molecule has 0 bridgehead atoms. The Kier molecular flexibility index (Phi) is 6.91. The van der Waals surface area contributed by atoms with Crippen LogP contribution in [0.15, 0.2) is 53.5 Å². The van der Waals surface area contributed by atoms with Gasteiger partial charge in [0.15, 0.2) is 0 Å². The average Bonchev–Trinajstić information content (AvgIpc) is 2.70. The summed E-state index contributed by atoms with van der Waals surface area (Å²) in [4.78, 5) is 20.3. The number of ether oxygens (including phenoxy) is 2. The summed E-state index contributed by atoms with van der Waals surface area (Å²) in [6, 6.07) is 11.4. The fourth-order valence-corrected chi connectivity index (χ4v) is 3.86. The summed E-state index contributed by atoms with van der Waals surface area (Å²) in [6.45, 7) is 4.16. The van der Waals surface area contributed by atoms with Gasteiger partial charge in [0.2, 0.25) is 15.6 Å². The molecule has 3 rings (SSSR count). The molecule has 3 aromatic rings. The zero-order chi connectivity index (χ0) is 22.4. The molecule has 9 nitrogen and oxygen atoms in total. The zero-order valence-electron chi connectivity index (χ0n) is 17.5. The number of pyridine rings is 1. The van der Waals surface area contributed by atoms with Crippen molar-refractivity contribution >= 4 is 15.8 Å². The van der Waals surface area contributed by atoms with E-state index in [0.717, 1.165) is 0 Å². The predicted molar refractivity (Wildman–Crippen MR) is 118 cm³/mol. The van der Waals surface area contributed by atoms with Gasteiger partial charge < -0.3 is 14.0 Å². The lowest BCUT2D eigenvalue weighted by molar-refractivity contribution is 0.337. The maximum atomic E-state index is 12.3. The van der Waals surface area contributed by atoms with Gasteiger partial charge in [0.25, 0.3) is 0 Å². The highest BCUT2D eigenvalue weighted by atomic mass is 32.2. The molecule has 0 saturated carbocycles. The van der Waals surface area contributed by atoms with Gasteiger partial charge in [0, 0.05) is 37.0 Å². The van der Waals surface area contributed by atoms with Crippen molar-refractivity contribution < 1.29 is 17.9 Å². The van der Waals surface area contributed by atoms with Crippen LogP contribution < -0.4 is 19.8 Å². The first-order chi connectivity index (χ1) is 14.8. The smallest absolute Gasteiger partial charge is 0.324 e.